The van der Waals surface area contributed by atoms with Crippen LogP contribution < -0.4 is 15.4 Å². The summed E-state index contributed by atoms with van der Waals surface area (Å²) in [5, 5.41) is 6.84. The molecule has 1 amide bonds. The Labute approximate surface area is 142 Å². The van der Waals surface area contributed by atoms with Crippen molar-refractivity contribution < 1.29 is 14.3 Å². The number of halogens is 1. The lowest BCUT2D eigenvalue weighted by Crippen LogP contribution is -2.49. The van der Waals surface area contributed by atoms with E-state index in [2.05, 4.69) is 10.6 Å². The van der Waals surface area contributed by atoms with Crippen molar-refractivity contribution in [1.82, 2.24) is 10.6 Å². The molecule has 0 aromatic heterocycles. The second-order valence-corrected chi connectivity index (χ2v) is 6.50. The van der Waals surface area contributed by atoms with Gasteiger partial charge in [-0.2, -0.15) is 0 Å². The molecule has 23 heavy (non-hydrogen) atoms. The molecule has 0 radical (unpaired) electrons. The standard InChI is InChI=1S/C17H25ClN2O3/c1-13(23-15-6-4-3-5-14(15)18)16(21)20-11-17(12-22-2)7-9-19-10-8-17/h3-6,13,19H,7-12H2,1-2H3,(H,20,21). The number of para-hydroxylation sites is 1. The van der Waals surface area contributed by atoms with Crippen molar-refractivity contribution >= 4 is 17.5 Å². The summed E-state index contributed by atoms with van der Waals surface area (Å²) in [6.45, 7) is 4.87. The average molecular weight is 341 g/mol. The fourth-order valence-electron chi connectivity index (χ4n) is 2.84. The van der Waals surface area contributed by atoms with E-state index in [-0.39, 0.29) is 11.3 Å². The average Bonchev–Trinajstić information content (AvgIpc) is 2.56. The summed E-state index contributed by atoms with van der Waals surface area (Å²) in [5.74, 6) is 0.379. The van der Waals surface area contributed by atoms with E-state index >= 15 is 0 Å². The molecule has 1 fully saturated rings. The Morgan fingerprint density at radius 3 is 2.74 bits per heavy atom. The van der Waals surface area contributed by atoms with E-state index in [9.17, 15) is 4.79 Å². The highest BCUT2D eigenvalue weighted by Crippen LogP contribution is 2.28. The molecule has 0 spiro atoms. The smallest absolute Gasteiger partial charge is 0.260 e. The van der Waals surface area contributed by atoms with Crippen molar-refractivity contribution in [3.63, 3.8) is 0 Å². The van der Waals surface area contributed by atoms with Gasteiger partial charge >= 0.3 is 0 Å². The third-order valence-electron chi connectivity index (χ3n) is 4.26. The van der Waals surface area contributed by atoms with Gasteiger partial charge in [-0.15, -0.1) is 0 Å². The third-order valence-corrected chi connectivity index (χ3v) is 4.57. The molecule has 1 saturated heterocycles. The minimum absolute atomic E-state index is 0.000226. The molecule has 1 aromatic carbocycles. The number of ether oxygens (including phenoxy) is 2. The summed E-state index contributed by atoms with van der Waals surface area (Å²) in [7, 11) is 1.70. The van der Waals surface area contributed by atoms with E-state index in [0.29, 0.717) is 23.9 Å². The molecule has 1 aromatic rings. The van der Waals surface area contributed by atoms with Crippen LogP contribution in [0.3, 0.4) is 0 Å². The second kappa shape index (κ2) is 8.52. The summed E-state index contributed by atoms with van der Waals surface area (Å²) < 4.78 is 11.0. The zero-order chi connectivity index (χ0) is 16.7. The maximum absolute atomic E-state index is 12.3. The van der Waals surface area contributed by atoms with E-state index < -0.39 is 6.10 Å². The number of hydrogen-bond donors (Lipinski definition) is 2. The minimum Gasteiger partial charge on any atom is -0.479 e. The van der Waals surface area contributed by atoms with Gasteiger partial charge in [0.1, 0.15) is 5.75 Å². The number of benzene rings is 1. The van der Waals surface area contributed by atoms with Crippen LogP contribution in [-0.2, 0) is 9.53 Å². The van der Waals surface area contributed by atoms with Gasteiger partial charge in [0.05, 0.1) is 11.6 Å². The summed E-state index contributed by atoms with van der Waals surface area (Å²) in [6.07, 6.45) is 1.37. The Kier molecular flexibility index (Phi) is 6.69. The molecule has 1 aliphatic rings. The Morgan fingerprint density at radius 2 is 2.09 bits per heavy atom. The Morgan fingerprint density at radius 1 is 1.39 bits per heavy atom. The molecule has 2 rings (SSSR count). The first-order valence-electron chi connectivity index (χ1n) is 7.95. The Bertz CT molecular complexity index is 513. The van der Waals surface area contributed by atoms with Crippen LogP contribution in [0.5, 0.6) is 5.75 Å². The number of amides is 1. The van der Waals surface area contributed by atoms with E-state index in [4.69, 9.17) is 21.1 Å². The molecule has 1 aliphatic heterocycles. The molecular weight excluding hydrogens is 316 g/mol. The molecule has 128 valence electrons. The Hall–Kier alpha value is -1.30. The van der Waals surface area contributed by atoms with Gasteiger partial charge in [-0.3, -0.25) is 4.79 Å². The maximum Gasteiger partial charge on any atom is 0.260 e. The first-order chi connectivity index (χ1) is 11.1. The van der Waals surface area contributed by atoms with Crippen LogP contribution >= 0.6 is 11.6 Å². The fourth-order valence-corrected chi connectivity index (χ4v) is 3.02. The highest BCUT2D eigenvalue weighted by molar-refractivity contribution is 6.32. The van der Waals surface area contributed by atoms with E-state index in [0.717, 1.165) is 25.9 Å². The molecule has 5 nitrogen and oxygen atoms in total. The number of carbonyl (C=O) groups excluding carboxylic acids is 1. The van der Waals surface area contributed by atoms with E-state index in [1.807, 2.05) is 12.1 Å². The van der Waals surface area contributed by atoms with Crippen molar-refractivity contribution in [3.8, 4) is 5.75 Å². The van der Waals surface area contributed by atoms with Gasteiger partial charge in [0.15, 0.2) is 6.10 Å². The summed E-state index contributed by atoms with van der Waals surface area (Å²) in [5.41, 5.74) is -0.000226. The number of rotatable bonds is 7. The zero-order valence-corrected chi connectivity index (χ0v) is 14.5. The van der Waals surface area contributed by atoms with Gasteiger partial charge in [0.2, 0.25) is 0 Å². The highest BCUT2D eigenvalue weighted by Gasteiger charge is 2.33. The first-order valence-corrected chi connectivity index (χ1v) is 8.33. The number of carbonyl (C=O) groups is 1. The first kappa shape index (κ1) is 18.0. The molecule has 1 atom stereocenters. The quantitative estimate of drug-likeness (QED) is 0.799. The van der Waals surface area contributed by atoms with Gasteiger partial charge in [-0.1, -0.05) is 23.7 Å². The summed E-state index contributed by atoms with van der Waals surface area (Å²) >= 11 is 6.06. The normalized spacial score (nSPS) is 18.2. The highest BCUT2D eigenvalue weighted by atomic mass is 35.5. The maximum atomic E-state index is 12.3. The molecule has 2 N–H and O–H groups in total. The lowest BCUT2D eigenvalue weighted by Gasteiger charge is -2.37. The van der Waals surface area contributed by atoms with Gasteiger partial charge in [0, 0.05) is 19.1 Å². The molecule has 0 aliphatic carbocycles. The van der Waals surface area contributed by atoms with Crippen molar-refractivity contribution in [1.29, 1.82) is 0 Å². The van der Waals surface area contributed by atoms with Crippen LogP contribution in [0.1, 0.15) is 19.8 Å². The predicted octanol–water partition coefficient (Wildman–Crippen LogP) is 2.24. The topological polar surface area (TPSA) is 59.6 Å². The monoisotopic (exact) mass is 340 g/mol. The van der Waals surface area contributed by atoms with Crippen LogP contribution in [0.4, 0.5) is 0 Å². The van der Waals surface area contributed by atoms with Crippen LogP contribution in [0.15, 0.2) is 24.3 Å². The lowest BCUT2D eigenvalue weighted by molar-refractivity contribution is -0.128. The minimum atomic E-state index is -0.601. The van der Waals surface area contributed by atoms with Gasteiger partial charge < -0.3 is 20.1 Å². The van der Waals surface area contributed by atoms with Crippen molar-refractivity contribution in [2.75, 3.05) is 33.4 Å². The van der Waals surface area contributed by atoms with Gasteiger partial charge in [0.25, 0.3) is 5.91 Å². The van der Waals surface area contributed by atoms with Crippen molar-refractivity contribution in [2.45, 2.75) is 25.9 Å². The van der Waals surface area contributed by atoms with Crippen molar-refractivity contribution in [2.24, 2.45) is 5.41 Å². The van der Waals surface area contributed by atoms with E-state index in [1.54, 1.807) is 26.2 Å². The van der Waals surface area contributed by atoms with E-state index in [1.165, 1.54) is 0 Å². The number of hydrogen-bond acceptors (Lipinski definition) is 4. The Balaban J connectivity index is 1.88. The largest absolute Gasteiger partial charge is 0.479 e. The van der Waals surface area contributed by atoms with Gasteiger partial charge in [-0.25, -0.2) is 0 Å². The molecule has 0 bridgehead atoms. The molecule has 1 heterocycles. The SMILES string of the molecule is COCC1(CNC(=O)C(C)Oc2ccccc2Cl)CCNCC1. The third kappa shape index (κ3) is 5.09. The molecule has 1 unspecified atom stereocenters. The predicted molar refractivity (Wildman–Crippen MR) is 91.0 cm³/mol. The molecule has 6 heteroatoms. The molecule has 0 saturated carbocycles. The van der Waals surface area contributed by atoms with Crippen LogP contribution in [0, 0.1) is 5.41 Å². The van der Waals surface area contributed by atoms with Crippen LogP contribution in [0.25, 0.3) is 0 Å². The van der Waals surface area contributed by atoms with Crippen LogP contribution in [0.2, 0.25) is 5.02 Å². The van der Waals surface area contributed by atoms with Gasteiger partial charge in [-0.05, 0) is 45.0 Å². The fraction of sp³-hybridized carbons (Fsp3) is 0.588. The molecular formula is C17H25ClN2O3. The number of piperidine rings is 1. The zero-order valence-electron chi connectivity index (χ0n) is 13.7. The van der Waals surface area contributed by atoms with Crippen molar-refractivity contribution in [3.05, 3.63) is 29.3 Å². The summed E-state index contributed by atoms with van der Waals surface area (Å²) in [4.78, 5) is 12.3. The second-order valence-electron chi connectivity index (χ2n) is 6.09. The number of nitrogens with one attached hydrogen (secondary N) is 2. The van der Waals surface area contributed by atoms with Crippen LogP contribution in [-0.4, -0.2) is 45.4 Å². The summed E-state index contributed by atoms with van der Waals surface area (Å²) in [6, 6.07) is 7.15. The lowest BCUT2D eigenvalue weighted by atomic mass is 9.79. The number of methoxy groups -OCH3 is 1.